The van der Waals surface area contributed by atoms with Crippen molar-refractivity contribution in [2.45, 2.75) is 27.7 Å². The molecule has 0 fully saturated rings. The van der Waals surface area contributed by atoms with Gasteiger partial charge in [0.15, 0.2) is 0 Å². The van der Waals surface area contributed by atoms with Gasteiger partial charge in [-0.3, -0.25) is 0 Å². The Morgan fingerprint density at radius 1 is 1.31 bits per heavy atom. The van der Waals surface area contributed by atoms with E-state index >= 15 is 0 Å². The highest BCUT2D eigenvalue weighted by Gasteiger charge is 2.09. The Morgan fingerprint density at radius 3 is 2.38 bits per heavy atom. The van der Waals surface area contributed by atoms with Crippen molar-refractivity contribution in [2.24, 2.45) is 0 Å². The van der Waals surface area contributed by atoms with Crippen molar-refractivity contribution >= 4 is 0 Å². The molecule has 0 spiro atoms. The number of rotatable bonds is 2. The quantitative estimate of drug-likeness (QED) is 0.683. The molecule has 1 rings (SSSR count). The van der Waals surface area contributed by atoms with Crippen LogP contribution in [0.1, 0.15) is 27.7 Å². The lowest BCUT2D eigenvalue weighted by atomic mass is 10.2. The zero-order valence-electron chi connectivity index (χ0n) is 9.49. The van der Waals surface area contributed by atoms with Gasteiger partial charge in [-0.05, 0) is 19.4 Å². The van der Waals surface area contributed by atoms with Gasteiger partial charge in [-0.1, -0.05) is 25.5 Å². The number of hydrogen-bond acceptors (Lipinski definition) is 2. The summed E-state index contributed by atoms with van der Waals surface area (Å²) in [5.41, 5.74) is 4.08. The van der Waals surface area contributed by atoms with Crippen molar-refractivity contribution in [3.05, 3.63) is 22.9 Å². The largest absolute Gasteiger partial charge is 0.390 e. The minimum absolute atomic E-state index is 0.982. The molecular weight excluding hydrogens is 160 g/mol. The van der Waals surface area contributed by atoms with Crippen molar-refractivity contribution in [1.29, 1.82) is 0 Å². The van der Waals surface area contributed by atoms with Crippen LogP contribution in [0.2, 0.25) is 0 Å². The third-order valence-corrected chi connectivity index (χ3v) is 1.77. The van der Waals surface area contributed by atoms with E-state index in [-0.39, 0.29) is 0 Å². The van der Waals surface area contributed by atoms with Crippen LogP contribution in [0, 0.1) is 0 Å². The van der Waals surface area contributed by atoms with Gasteiger partial charge in [0, 0.05) is 25.8 Å². The maximum atomic E-state index is 3.30. The van der Waals surface area contributed by atoms with Gasteiger partial charge in [-0.25, -0.2) is 0 Å². The van der Waals surface area contributed by atoms with Gasteiger partial charge in [0.05, 0.1) is 0 Å². The Morgan fingerprint density at radius 2 is 1.92 bits per heavy atom. The summed E-state index contributed by atoms with van der Waals surface area (Å²) in [4.78, 5) is 0. The number of allylic oxidation sites excluding steroid dienone is 1. The highest BCUT2D eigenvalue weighted by atomic mass is 15.0. The molecule has 0 aromatic carbocycles. The van der Waals surface area contributed by atoms with Crippen LogP contribution in [0.15, 0.2) is 22.9 Å². The fourth-order valence-corrected chi connectivity index (χ4v) is 1.28. The molecule has 1 aliphatic heterocycles. The van der Waals surface area contributed by atoms with E-state index in [1.807, 2.05) is 20.9 Å². The van der Waals surface area contributed by atoms with E-state index in [1.54, 1.807) is 0 Å². The van der Waals surface area contributed by atoms with Crippen LogP contribution >= 0.6 is 0 Å². The van der Waals surface area contributed by atoms with Crippen molar-refractivity contribution < 1.29 is 0 Å². The Kier molecular flexibility index (Phi) is 6.33. The molecule has 0 amide bonds. The predicted octanol–water partition coefficient (Wildman–Crippen LogP) is 2.06. The molecule has 2 nitrogen and oxygen atoms in total. The molecule has 1 heterocycles. The van der Waals surface area contributed by atoms with Gasteiger partial charge >= 0.3 is 0 Å². The molecule has 13 heavy (non-hydrogen) atoms. The van der Waals surface area contributed by atoms with E-state index in [0.717, 1.165) is 13.1 Å². The maximum absolute atomic E-state index is 3.30. The van der Waals surface area contributed by atoms with Gasteiger partial charge in [-0.15, -0.1) is 0 Å². The fraction of sp³-hybridized carbons (Fsp3) is 0.636. The molecule has 0 atom stereocenters. The van der Waals surface area contributed by atoms with Gasteiger partial charge in [0.25, 0.3) is 0 Å². The summed E-state index contributed by atoms with van der Waals surface area (Å²) >= 11 is 0. The van der Waals surface area contributed by atoms with Gasteiger partial charge in [-0.2, -0.15) is 0 Å². The molecule has 0 radical (unpaired) electrons. The summed E-state index contributed by atoms with van der Waals surface area (Å²) < 4.78 is 0. The summed E-state index contributed by atoms with van der Waals surface area (Å²) in [6.45, 7) is 10.2. The van der Waals surface area contributed by atoms with E-state index in [9.17, 15) is 0 Å². The van der Waals surface area contributed by atoms with Crippen LogP contribution in [-0.2, 0) is 0 Å². The highest BCUT2D eigenvalue weighted by molar-refractivity contribution is 5.32. The lowest BCUT2D eigenvalue weighted by molar-refractivity contribution is 0.832. The first-order valence-electron chi connectivity index (χ1n) is 4.99. The van der Waals surface area contributed by atoms with E-state index < -0.39 is 0 Å². The second-order valence-electron chi connectivity index (χ2n) is 3.08. The monoisotopic (exact) mass is 182 g/mol. The predicted molar refractivity (Wildman–Crippen MR) is 59.7 cm³/mol. The van der Waals surface area contributed by atoms with E-state index in [0.29, 0.717) is 0 Å². The normalized spacial score (nSPS) is 14.8. The van der Waals surface area contributed by atoms with Gasteiger partial charge < -0.3 is 10.6 Å². The second kappa shape index (κ2) is 6.72. The van der Waals surface area contributed by atoms with Crippen molar-refractivity contribution in [1.82, 2.24) is 10.6 Å². The summed E-state index contributed by atoms with van der Waals surface area (Å²) in [7, 11) is 1.97. The van der Waals surface area contributed by atoms with Gasteiger partial charge in [0.2, 0.25) is 0 Å². The van der Waals surface area contributed by atoms with Crippen LogP contribution in [0.3, 0.4) is 0 Å². The summed E-state index contributed by atoms with van der Waals surface area (Å²) in [5, 5.41) is 6.49. The lowest BCUT2D eigenvalue weighted by Gasteiger charge is -2.00. The fourth-order valence-electron chi connectivity index (χ4n) is 1.28. The Hall–Kier alpha value is -0.760. The maximum Gasteiger partial charge on any atom is 0.0360 e. The van der Waals surface area contributed by atoms with Crippen molar-refractivity contribution in [3.63, 3.8) is 0 Å². The first kappa shape index (κ1) is 12.2. The molecule has 0 aliphatic carbocycles. The Labute approximate surface area is 82.1 Å². The number of likely N-dealkylation sites (N-methyl/N-ethyl adjacent to an activating group) is 1. The minimum Gasteiger partial charge on any atom is -0.390 e. The average molecular weight is 182 g/mol. The molecule has 0 saturated heterocycles. The first-order valence-corrected chi connectivity index (χ1v) is 4.99. The third kappa shape index (κ3) is 4.13. The van der Waals surface area contributed by atoms with Gasteiger partial charge in [0.1, 0.15) is 0 Å². The molecule has 0 unspecified atom stereocenters. The standard InChI is InChI=1S/C9H16N2.C2H6/c1-7(2)4-8-5-11-6-9(8)10-3;1-2/h4,10-11H,5-6H2,1-3H3;1-2H3. The highest BCUT2D eigenvalue weighted by Crippen LogP contribution is 2.09. The van der Waals surface area contributed by atoms with E-state index in [4.69, 9.17) is 0 Å². The molecule has 1 aliphatic rings. The Balaban J connectivity index is 0.000000671. The van der Waals surface area contributed by atoms with Crippen LogP contribution in [0.5, 0.6) is 0 Å². The zero-order valence-corrected chi connectivity index (χ0v) is 9.49. The summed E-state index contributed by atoms with van der Waals surface area (Å²) in [6.07, 6.45) is 2.23. The lowest BCUT2D eigenvalue weighted by Crippen LogP contribution is -2.14. The second-order valence-corrected chi connectivity index (χ2v) is 3.08. The minimum atomic E-state index is 0.982. The molecule has 2 N–H and O–H groups in total. The molecule has 0 aromatic rings. The van der Waals surface area contributed by atoms with Crippen LogP contribution in [0.25, 0.3) is 0 Å². The number of hydrogen-bond donors (Lipinski definition) is 2. The summed E-state index contributed by atoms with van der Waals surface area (Å²) in [5.74, 6) is 0. The van der Waals surface area contributed by atoms with Crippen molar-refractivity contribution in [2.75, 3.05) is 20.1 Å². The molecule has 2 heteroatoms. The topological polar surface area (TPSA) is 24.1 Å². The molecular formula is C11H22N2. The van der Waals surface area contributed by atoms with Crippen LogP contribution in [0.4, 0.5) is 0 Å². The van der Waals surface area contributed by atoms with Crippen molar-refractivity contribution in [3.8, 4) is 0 Å². The molecule has 0 saturated carbocycles. The molecule has 76 valence electrons. The summed E-state index contributed by atoms with van der Waals surface area (Å²) in [6, 6.07) is 0. The third-order valence-electron chi connectivity index (χ3n) is 1.77. The molecule has 0 bridgehead atoms. The number of nitrogens with one attached hydrogen (secondary N) is 2. The van der Waals surface area contributed by atoms with Crippen LogP contribution in [-0.4, -0.2) is 20.1 Å². The van der Waals surface area contributed by atoms with E-state index in [2.05, 4.69) is 30.6 Å². The Bertz CT molecular complexity index is 198. The SMILES string of the molecule is CC.CNC1=C(C=C(C)C)CNC1. The zero-order chi connectivity index (χ0) is 10.3. The van der Waals surface area contributed by atoms with Crippen LogP contribution < -0.4 is 10.6 Å². The smallest absolute Gasteiger partial charge is 0.0360 e. The average Bonchev–Trinajstić information content (AvgIpc) is 2.54. The first-order chi connectivity index (χ1) is 6.24. The molecule has 0 aromatic heterocycles. The van der Waals surface area contributed by atoms with E-state index in [1.165, 1.54) is 16.8 Å².